The van der Waals surface area contributed by atoms with Crippen LogP contribution in [0.5, 0.6) is 0 Å². The van der Waals surface area contributed by atoms with E-state index in [9.17, 15) is 4.39 Å². The van der Waals surface area contributed by atoms with Crippen LogP contribution >= 0.6 is 19.5 Å². The van der Waals surface area contributed by atoms with E-state index in [-0.39, 0.29) is 17.9 Å². The van der Waals surface area contributed by atoms with E-state index in [1.807, 2.05) is 36.4 Å². The lowest BCUT2D eigenvalue weighted by atomic mass is 9.98. The van der Waals surface area contributed by atoms with Gasteiger partial charge in [-0.05, 0) is 48.7 Å². The number of rotatable bonds is 2. The first-order chi connectivity index (χ1) is 16.5. The van der Waals surface area contributed by atoms with Gasteiger partial charge in [-0.1, -0.05) is 49.9 Å². The maximum absolute atomic E-state index is 14.8. The summed E-state index contributed by atoms with van der Waals surface area (Å²) in [6, 6.07) is 17.8. The summed E-state index contributed by atoms with van der Waals surface area (Å²) < 4.78 is 19.2. The average molecular weight is 488 g/mol. The van der Waals surface area contributed by atoms with Gasteiger partial charge in [0, 0.05) is 27.9 Å². The largest absolute Gasteiger partial charge is 0.318 e. The van der Waals surface area contributed by atoms with Crippen LogP contribution in [0.2, 0.25) is 5.02 Å². The molecule has 0 aliphatic carbocycles. The SMILES string of the molecule is CP(C)c1ccc(-c2ccc3nc4n(c3c2)C2CC4n3cnnc3-c3cccc(Cl)c32)cc1F. The average Bonchev–Trinajstić information content (AvgIpc) is 3.50. The number of imidazole rings is 1. The van der Waals surface area contributed by atoms with Crippen LogP contribution < -0.4 is 5.30 Å². The molecule has 0 radical (unpaired) electrons. The predicted molar refractivity (Wildman–Crippen MR) is 135 cm³/mol. The summed E-state index contributed by atoms with van der Waals surface area (Å²) >= 11 is 6.78. The molecule has 2 atom stereocenters. The number of fused-ring (bicyclic) bond motifs is 6. The van der Waals surface area contributed by atoms with E-state index >= 15 is 0 Å². The van der Waals surface area contributed by atoms with E-state index in [2.05, 4.69) is 44.8 Å². The zero-order valence-corrected chi connectivity index (χ0v) is 20.2. The van der Waals surface area contributed by atoms with Crippen LogP contribution in [0.25, 0.3) is 33.5 Å². The smallest absolute Gasteiger partial charge is 0.164 e. The second kappa shape index (κ2) is 7.21. The Kier molecular flexibility index (Phi) is 4.31. The summed E-state index contributed by atoms with van der Waals surface area (Å²) in [6.45, 7) is 4.14. The van der Waals surface area contributed by atoms with Crippen molar-refractivity contribution in [2.75, 3.05) is 13.3 Å². The Bertz CT molecular complexity index is 1620. The van der Waals surface area contributed by atoms with Gasteiger partial charge in [0.1, 0.15) is 18.0 Å². The van der Waals surface area contributed by atoms with E-state index in [0.29, 0.717) is 0 Å². The van der Waals surface area contributed by atoms with Crippen molar-refractivity contribution in [1.82, 2.24) is 24.3 Å². The second-order valence-corrected chi connectivity index (χ2v) is 11.8. The minimum Gasteiger partial charge on any atom is -0.318 e. The Morgan fingerprint density at radius 2 is 1.85 bits per heavy atom. The van der Waals surface area contributed by atoms with Crippen LogP contribution in [0, 0.1) is 5.82 Å². The first kappa shape index (κ1) is 20.3. The molecule has 168 valence electrons. The first-order valence-corrected chi connectivity index (χ1v) is 13.8. The van der Waals surface area contributed by atoms with Gasteiger partial charge < -0.3 is 9.13 Å². The van der Waals surface area contributed by atoms with E-state index in [1.54, 1.807) is 12.4 Å². The highest BCUT2D eigenvalue weighted by atomic mass is 35.5. The Balaban J connectivity index is 1.45. The number of hydrogen-bond donors (Lipinski definition) is 0. The quantitative estimate of drug-likeness (QED) is 0.286. The van der Waals surface area contributed by atoms with Crippen molar-refractivity contribution in [2.24, 2.45) is 0 Å². The highest BCUT2D eigenvalue weighted by Crippen LogP contribution is 2.51. The van der Waals surface area contributed by atoms with Crippen LogP contribution in [0.4, 0.5) is 4.39 Å². The molecule has 3 aromatic carbocycles. The summed E-state index contributed by atoms with van der Waals surface area (Å²) in [5.41, 5.74) is 5.85. The van der Waals surface area contributed by atoms with E-state index in [0.717, 1.165) is 61.7 Å². The molecular formula is C26H20ClFN5P. The van der Waals surface area contributed by atoms with Crippen molar-refractivity contribution in [3.8, 4) is 22.5 Å². The van der Waals surface area contributed by atoms with Crippen LogP contribution in [-0.2, 0) is 0 Å². The summed E-state index contributed by atoms with van der Waals surface area (Å²) in [7, 11) is -0.490. The summed E-state index contributed by atoms with van der Waals surface area (Å²) in [6.07, 6.45) is 2.62. The molecule has 2 aromatic heterocycles. The van der Waals surface area contributed by atoms with Crippen molar-refractivity contribution in [2.45, 2.75) is 18.5 Å². The van der Waals surface area contributed by atoms with Gasteiger partial charge in [0.15, 0.2) is 5.82 Å². The molecule has 0 fully saturated rings. The molecule has 0 amide bonds. The van der Waals surface area contributed by atoms with Gasteiger partial charge in [-0.15, -0.1) is 10.2 Å². The lowest BCUT2D eigenvalue weighted by Gasteiger charge is -2.19. The van der Waals surface area contributed by atoms with Gasteiger partial charge in [0.25, 0.3) is 0 Å². The number of benzene rings is 3. The number of hydrogen-bond acceptors (Lipinski definition) is 3. The molecule has 8 heteroatoms. The Labute approximate surface area is 202 Å². The summed E-state index contributed by atoms with van der Waals surface area (Å²) in [5, 5.41) is 10.1. The predicted octanol–water partition coefficient (Wildman–Crippen LogP) is 6.02. The van der Waals surface area contributed by atoms with Crippen LogP contribution in [0.3, 0.4) is 0 Å². The molecular weight excluding hydrogens is 468 g/mol. The third-order valence-electron chi connectivity index (χ3n) is 7.07. The Morgan fingerprint density at radius 1 is 1.03 bits per heavy atom. The first-order valence-electron chi connectivity index (χ1n) is 11.2. The Morgan fingerprint density at radius 3 is 2.68 bits per heavy atom. The topological polar surface area (TPSA) is 48.5 Å². The normalized spacial score (nSPS) is 18.1. The van der Waals surface area contributed by atoms with Gasteiger partial charge in [-0.25, -0.2) is 9.37 Å². The van der Waals surface area contributed by atoms with Crippen molar-refractivity contribution in [1.29, 1.82) is 0 Å². The Hall–Kier alpha value is -3.08. The molecule has 2 aliphatic rings. The fourth-order valence-electron chi connectivity index (χ4n) is 5.54. The van der Waals surface area contributed by atoms with Crippen LogP contribution in [0.1, 0.15) is 29.9 Å². The maximum Gasteiger partial charge on any atom is 0.164 e. The molecule has 0 N–H and O–H groups in total. The molecule has 2 bridgehead atoms. The van der Waals surface area contributed by atoms with E-state index in [4.69, 9.17) is 16.6 Å². The monoisotopic (exact) mass is 487 g/mol. The molecule has 2 unspecified atom stereocenters. The molecule has 34 heavy (non-hydrogen) atoms. The fraction of sp³-hybridized carbons (Fsp3) is 0.192. The lowest BCUT2D eigenvalue weighted by molar-refractivity contribution is 0.548. The van der Waals surface area contributed by atoms with Gasteiger partial charge >= 0.3 is 0 Å². The van der Waals surface area contributed by atoms with Crippen molar-refractivity contribution in [3.63, 3.8) is 0 Å². The van der Waals surface area contributed by atoms with Gasteiger partial charge in [0.05, 0.1) is 23.1 Å². The number of nitrogens with zero attached hydrogens (tertiary/aromatic N) is 5. The van der Waals surface area contributed by atoms with Crippen molar-refractivity contribution >= 4 is 35.9 Å². The van der Waals surface area contributed by atoms with Crippen molar-refractivity contribution < 1.29 is 4.39 Å². The third-order valence-corrected chi connectivity index (χ3v) is 8.73. The van der Waals surface area contributed by atoms with Crippen molar-refractivity contribution in [3.05, 3.63) is 83.2 Å². The molecule has 0 spiro atoms. The third kappa shape index (κ3) is 2.73. The number of halogens is 2. The molecule has 5 nitrogen and oxygen atoms in total. The van der Waals surface area contributed by atoms with Crippen LogP contribution in [-0.4, -0.2) is 37.6 Å². The molecule has 2 aliphatic heterocycles. The molecule has 0 saturated carbocycles. The standard InChI is InChI=1S/C26H20ClFN5P/c1-34(2)23-9-7-14(10-18(23)28)15-6-8-19-20(11-15)33-21-12-22(26(33)30-19)32-13-29-31-25(32)16-4-3-5-17(27)24(16)21/h3-11,13,21-22H,12H2,1-2H3. The molecule has 7 rings (SSSR count). The highest BCUT2D eigenvalue weighted by molar-refractivity contribution is 7.64. The summed E-state index contributed by atoms with van der Waals surface area (Å²) in [4.78, 5) is 5.02. The lowest BCUT2D eigenvalue weighted by Crippen LogP contribution is -2.11. The van der Waals surface area contributed by atoms with Gasteiger partial charge in [-0.2, -0.15) is 0 Å². The maximum atomic E-state index is 14.8. The minimum absolute atomic E-state index is 0.0272. The van der Waals surface area contributed by atoms with Crippen LogP contribution in [0.15, 0.2) is 60.9 Å². The van der Waals surface area contributed by atoms with Gasteiger partial charge in [0.2, 0.25) is 0 Å². The van der Waals surface area contributed by atoms with E-state index < -0.39 is 7.92 Å². The zero-order chi connectivity index (χ0) is 23.1. The highest BCUT2D eigenvalue weighted by Gasteiger charge is 2.42. The van der Waals surface area contributed by atoms with Gasteiger partial charge in [-0.3, -0.25) is 0 Å². The molecule has 0 saturated heterocycles. The molecule has 5 aromatic rings. The van der Waals surface area contributed by atoms with E-state index in [1.165, 1.54) is 0 Å². The molecule has 4 heterocycles. The second-order valence-electron chi connectivity index (χ2n) is 9.13. The fourth-order valence-corrected chi connectivity index (χ4v) is 6.71. The number of aromatic nitrogens is 5. The zero-order valence-electron chi connectivity index (χ0n) is 18.6. The minimum atomic E-state index is -0.490. The summed E-state index contributed by atoms with van der Waals surface area (Å²) in [5.74, 6) is 1.67.